The Morgan fingerprint density at radius 1 is 1.55 bits per heavy atom. The van der Waals surface area contributed by atoms with Gasteiger partial charge < -0.3 is 9.64 Å². The molecule has 0 N–H and O–H groups in total. The first-order valence-corrected chi connectivity index (χ1v) is 6.21. The summed E-state index contributed by atoms with van der Waals surface area (Å²) in [6, 6.07) is 1.98. The molecule has 0 aliphatic carbocycles. The third kappa shape index (κ3) is 2.62. The minimum Gasteiger partial charge on any atom is -0.379 e. The molecular formula is C13H15FN2O4. The van der Waals surface area contributed by atoms with Crippen LogP contribution in [0.4, 0.5) is 10.1 Å². The number of hydrogen-bond acceptors (Lipinski definition) is 4. The molecule has 1 aromatic rings. The number of nitro benzene ring substituents is 1. The molecule has 1 heterocycles. The van der Waals surface area contributed by atoms with Gasteiger partial charge in [-0.1, -0.05) is 0 Å². The SMILES string of the molecule is Cc1cc([N+](=O)[O-])cc(C(=O)N(C)C2CCOC2)c1F. The summed E-state index contributed by atoms with van der Waals surface area (Å²) >= 11 is 0. The number of likely N-dealkylation sites (N-methyl/N-ethyl adjacent to an activating group) is 1. The molecule has 1 aromatic carbocycles. The Balaban J connectivity index is 2.35. The first kappa shape index (κ1) is 14.4. The van der Waals surface area contributed by atoms with Crippen LogP contribution in [-0.2, 0) is 4.74 Å². The van der Waals surface area contributed by atoms with Gasteiger partial charge in [0.25, 0.3) is 11.6 Å². The van der Waals surface area contributed by atoms with Crippen molar-refractivity contribution in [2.75, 3.05) is 20.3 Å². The fourth-order valence-corrected chi connectivity index (χ4v) is 2.19. The number of rotatable bonds is 3. The maximum absolute atomic E-state index is 14.0. The molecule has 1 unspecified atom stereocenters. The van der Waals surface area contributed by atoms with Gasteiger partial charge in [-0.15, -0.1) is 0 Å². The van der Waals surface area contributed by atoms with E-state index in [0.717, 1.165) is 12.1 Å². The Bertz CT molecular complexity index is 556. The first-order chi connectivity index (χ1) is 9.41. The minimum absolute atomic E-state index is 0.0821. The van der Waals surface area contributed by atoms with Crippen LogP contribution in [-0.4, -0.2) is 42.0 Å². The number of non-ortho nitro benzene ring substituents is 1. The van der Waals surface area contributed by atoms with E-state index in [-0.39, 0.29) is 22.9 Å². The van der Waals surface area contributed by atoms with Crippen LogP contribution in [0.3, 0.4) is 0 Å². The lowest BCUT2D eigenvalue weighted by molar-refractivity contribution is -0.385. The molecule has 20 heavy (non-hydrogen) atoms. The highest BCUT2D eigenvalue weighted by atomic mass is 19.1. The van der Waals surface area contributed by atoms with Gasteiger partial charge in [0.05, 0.1) is 23.1 Å². The molecule has 1 atom stereocenters. The molecule has 7 heteroatoms. The zero-order chi connectivity index (χ0) is 14.9. The average Bonchev–Trinajstić information content (AvgIpc) is 2.93. The van der Waals surface area contributed by atoms with Crippen LogP contribution in [0.2, 0.25) is 0 Å². The first-order valence-electron chi connectivity index (χ1n) is 6.21. The van der Waals surface area contributed by atoms with E-state index in [1.807, 2.05) is 0 Å². The van der Waals surface area contributed by atoms with E-state index >= 15 is 0 Å². The van der Waals surface area contributed by atoms with Crippen LogP contribution in [0.5, 0.6) is 0 Å². The van der Waals surface area contributed by atoms with E-state index in [9.17, 15) is 19.3 Å². The van der Waals surface area contributed by atoms with Crippen molar-refractivity contribution in [3.8, 4) is 0 Å². The van der Waals surface area contributed by atoms with Crippen molar-refractivity contribution < 1.29 is 18.8 Å². The lowest BCUT2D eigenvalue weighted by atomic mass is 10.1. The van der Waals surface area contributed by atoms with Gasteiger partial charge in [-0.2, -0.15) is 0 Å². The Hall–Kier alpha value is -2.02. The number of hydrogen-bond donors (Lipinski definition) is 0. The summed E-state index contributed by atoms with van der Waals surface area (Å²) in [7, 11) is 1.55. The minimum atomic E-state index is -0.716. The van der Waals surface area contributed by atoms with Gasteiger partial charge in [0, 0.05) is 25.8 Å². The van der Waals surface area contributed by atoms with Gasteiger partial charge in [-0.05, 0) is 18.9 Å². The van der Waals surface area contributed by atoms with Gasteiger partial charge in [0.1, 0.15) is 5.82 Å². The van der Waals surface area contributed by atoms with Crippen molar-refractivity contribution in [2.45, 2.75) is 19.4 Å². The largest absolute Gasteiger partial charge is 0.379 e. The highest BCUT2D eigenvalue weighted by Crippen LogP contribution is 2.23. The van der Waals surface area contributed by atoms with Gasteiger partial charge in [-0.3, -0.25) is 14.9 Å². The lowest BCUT2D eigenvalue weighted by Gasteiger charge is -2.23. The second-order valence-electron chi connectivity index (χ2n) is 4.81. The number of ether oxygens (including phenoxy) is 1. The molecule has 0 saturated carbocycles. The van der Waals surface area contributed by atoms with E-state index in [2.05, 4.69) is 0 Å². The second-order valence-corrected chi connectivity index (χ2v) is 4.81. The van der Waals surface area contributed by atoms with Gasteiger partial charge in [0.15, 0.2) is 0 Å². The van der Waals surface area contributed by atoms with E-state index in [4.69, 9.17) is 4.74 Å². The summed E-state index contributed by atoms with van der Waals surface area (Å²) in [5.41, 5.74) is -0.479. The van der Waals surface area contributed by atoms with Crippen LogP contribution in [0, 0.1) is 22.9 Å². The second kappa shape index (κ2) is 5.54. The summed E-state index contributed by atoms with van der Waals surface area (Å²) in [6.07, 6.45) is 0.678. The number of benzene rings is 1. The van der Waals surface area contributed by atoms with Crippen LogP contribution in [0.1, 0.15) is 22.3 Å². The topological polar surface area (TPSA) is 72.7 Å². The fraction of sp³-hybridized carbons (Fsp3) is 0.462. The predicted octanol–water partition coefficient (Wildman–Crippen LogP) is 1.90. The van der Waals surface area contributed by atoms with Gasteiger partial charge >= 0.3 is 0 Å². The number of carbonyl (C=O) groups excluding carboxylic acids is 1. The summed E-state index contributed by atoms with van der Waals surface area (Å²) in [6.45, 7) is 2.36. The highest BCUT2D eigenvalue weighted by molar-refractivity contribution is 5.95. The van der Waals surface area contributed by atoms with Crippen LogP contribution < -0.4 is 0 Å². The molecular weight excluding hydrogens is 267 g/mol. The molecule has 6 nitrogen and oxygen atoms in total. The molecule has 0 spiro atoms. The predicted molar refractivity (Wildman–Crippen MR) is 69.1 cm³/mol. The zero-order valence-corrected chi connectivity index (χ0v) is 11.3. The van der Waals surface area contributed by atoms with E-state index in [0.29, 0.717) is 19.6 Å². The standard InChI is InChI=1S/C13H15FN2O4/c1-8-5-10(16(18)19)6-11(12(8)14)13(17)15(2)9-3-4-20-7-9/h5-6,9H,3-4,7H2,1-2H3. The Morgan fingerprint density at radius 2 is 2.25 bits per heavy atom. The smallest absolute Gasteiger partial charge is 0.270 e. The maximum Gasteiger partial charge on any atom is 0.270 e. The van der Waals surface area contributed by atoms with Crippen molar-refractivity contribution in [2.24, 2.45) is 0 Å². The number of amides is 1. The van der Waals surface area contributed by atoms with Crippen molar-refractivity contribution in [3.63, 3.8) is 0 Å². The Kier molecular flexibility index (Phi) is 3.99. The molecule has 1 amide bonds. The maximum atomic E-state index is 14.0. The van der Waals surface area contributed by atoms with Crippen molar-refractivity contribution in [1.82, 2.24) is 4.90 Å². The summed E-state index contributed by atoms with van der Waals surface area (Å²) in [4.78, 5) is 23.8. The van der Waals surface area contributed by atoms with E-state index < -0.39 is 16.6 Å². The zero-order valence-electron chi connectivity index (χ0n) is 11.3. The number of nitro groups is 1. The van der Waals surface area contributed by atoms with Crippen molar-refractivity contribution in [3.05, 3.63) is 39.2 Å². The van der Waals surface area contributed by atoms with E-state index in [1.165, 1.54) is 11.8 Å². The molecule has 2 rings (SSSR count). The van der Waals surface area contributed by atoms with Gasteiger partial charge in [-0.25, -0.2) is 4.39 Å². The molecule has 1 aliphatic heterocycles. The number of nitrogens with zero attached hydrogens (tertiary/aromatic N) is 2. The van der Waals surface area contributed by atoms with Crippen molar-refractivity contribution >= 4 is 11.6 Å². The number of halogens is 1. The Labute approximate surface area is 115 Å². The molecule has 1 fully saturated rings. The summed E-state index contributed by atoms with van der Waals surface area (Å²) in [5.74, 6) is -1.28. The van der Waals surface area contributed by atoms with Crippen LogP contribution in [0.25, 0.3) is 0 Å². The molecule has 0 aromatic heterocycles. The third-order valence-electron chi connectivity index (χ3n) is 3.45. The van der Waals surface area contributed by atoms with E-state index in [1.54, 1.807) is 7.05 Å². The molecule has 1 aliphatic rings. The van der Waals surface area contributed by atoms with Crippen molar-refractivity contribution in [1.29, 1.82) is 0 Å². The average molecular weight is 282 g/mol. The van der Waals surface area contributed by atoms with Gasteiger partial charge in [0.2, 0.25) is 0 Å². The van der Waals surface area contributed by atoms with Crippen LogP contribution >= 0.6 is 0 Å². The lowest BCUT2D eigenvalue weighted by Crippen LogP contribution is -2.37. The quantitative estimate of drug-likeness (QED) is 0.627. The molecule has 0 radical (unpaired) electrons. The number of carbonyl (C=O) groups is 1. The fourth-order valence-electron chi connectivity index (χ4n) is 2.19. The molecule has 0 bridgehead atoms. The summed E-state index contributed by atoms with van der Waals surface area (Å²) in [5, 5.41) is 10.8. The Morgan fingerprint density at radius 3 is 2.80 bits per heavy atom. The normalized spacial score (nSPS) is 18.1. The monoisotopic (exact) mass is 282 g/mol. The summed E-state index contributed by atoms with van der Waals surface area (Å²) < 4.78 is 19.2. The number of aryl methyl sites for hydroxylation is 1. The highest BCUT2D eigenvalue weighted by Gasteiger charge is 2.28. The molecule has 108 valence electrons. The molecule has 1 saturated heterocycles. The van der Waals surface area contributed by atoms with Crippen LogP contribution in [0.15, 0.2) is 12.1 Å². The third-order valence-corrected chi connectivity index (χ3v) is 3.45.